The summed E-state index contributed by atoms with van der Waals surface area (Å²) in [5, 5.41) is 12.4. The van der Waals surface area contributed by atoms with Gasteiger partial charge in [0.15, 0.2) is 0 Å². The van der Waals surface area contributed by atoms with Gasteiger partial charge in [-0.25, -0.2) is 0 Å². The largest absolute Gasteiger partial charge is 0.310 e. The Morgan fingerprint density at radius 2 is 0.683 bits per heavy atom. The second-order valence-electron chi connectivity index (χ2n) is 16.4. The molecule has 12 aromatic rings. The fourth-order valence-electron chi connectivity index (χ4n) is 9.94. The average Bonchev–Trinajstić information content (AvgIpc) is 3.36. The van der Waals surface area contributed by atoms with Gasteiger partial charge in [-0.3, -0.25) is 0 Å². The van der Waals surface area contributed by atoms with E-state index in [1.54, 1.807) is 0 Å². The van der Waals surface area contributed by atoms with Gasteiger partial charge in [-0.1, -0.05) is 212 Å². The Kier molecular flexibility index (Phi) is 8.90. The number of benzene rings is 12. The van der Waals surface area contributed by atoms with Crippen LogP contribution in [0.15, 0.2) is 249 Å². The molecule has 0 aliphatic rings. The molecule has 0 atom stereocenters. The molecule has 0 saturated carbocycles. The van der Waals surface area contributed by atoms with Crippen molar-refractivity contribution < 1.29 is 0 Å². The zero-order valence-electron chi connectivity index (χ0n) is 34.6. The Bertz CT molecular complexity index is 3670. The molecule has 0 fully saturated rings. The third-order valence-corrected chi connectivity index (χ3v) is 12.8. The fraction of sp³-hybridized carbons (Fsp3) is 0. The van der Waals surface area contributed by atoms with Gasteiger partial charge in [-0.05, 0) is 129 Å². The normalized spacial score (nSPS) is 11.5. The van der Waals surface area contributed by atoms with Crippen LogP contribution < -0.4 is 4.90 Å². The predicted octanol–water partition coefficient (Wildman–Crippen LogP) is 17.6. The Labute approximate surface area is 367 Å². The lowest BCUT2D eigenvalue weighted by atomic mass is 9.84. The van der Waals surface area contributed by atoms with E-state index in [2.05, 4.69) is 254 Å². The van der Waals surface area contributed by atoms with Crippen molar-refractivity contribution in [3.63, 3.8) is 0 Å². The van der Waals surface area contributed by atoms with E-state index in [0.29, 0.717) is 0 Å². The van der Waals surface area contributed by atoms with E-state index < -0.39 is 0 Å². The molecule has 1 heteroatoms. The first-order chi connectivity index (χ1) is 31.3. The smallest absolute Gasteiger partial charge is 0.0540 e. The summed E-state index contributed by atoms with van der Waals surface area (Å²) >= 11 is 0. The van der Waals surface area contributed by atoms with Gasteiger partial charge in [0.05, 0.1) is 5.69 Å². The van der Waals surface area contributed by atoms with Crippen molar-refractivity contribution in [2.75, 3.05) is 4.90 Å². The van der Waals surface area contributed by atoms with E-state index in [1.165, 1.54) is 92.8 Å². The van der Waals surface area contributed by atoms with Gasteiger partial charge in [0.25, 0.3) is 0 Å². The number of hydrogen-bond acceptors (Lipinski definition) is 1. The molecule has 0 aromatic heterocycles. The van der Waals surface area contributed by atoms with Gasteiger partial charge in [-0.2, -0.15) is 0 Å². The molecule has 0 bridgehead atoms. The number of nitrogens with zero attached hydrogens (tertiary/aromatic N) is 1. The van der Waals surface area contributed by atoms with Crippen LogP contribution in [0.2, 0.25) is 0 Å². The molecule has 63 heavy (non-hydrogen) atoms. The second-order valence-corrected chi connectivity index (χ2v) is 16.4. The summed E-state index contributed by atoms with van der Waals surface area (Å²) in [6.45, 7) is 0. The number of rotatable bonds is 7. The van der Waals surface area contributed by atoms with E-state index in [-0.39, 0.29) is 0 Å². The standard InChI is InChI=1S/C62H41N/c1-3-19-44(20-4-1)61-58-31-12-11-30-55(58)56-37-36-47(41-59(56)62(61)45-21-5-2-6-22-45)46-24-13-26-49(39-46)63(60-34-16-33-54-52-29-10-8-18-43(52)35-38-57(54)60)50-27-14-25-48(40-50)53-32-15-23-42-17-7-9-28-51(42)53/h1-41H. The Morgan fingerprint density at radius 1 is 0.222 bits per heavy atom. The second kappa shape index (κ2) is 15.3. The van der Waals surface area contributed by atoms with Crippen molar-refractivity contribution in [2.24, 2.45) is 0 Å². The van der Waals surface area contributed by atoms with Crippen molar-refractivity contribution in [3.8, 4) is 44.5 Å². The molecule has 294 valence electrons. The maximum absolute atomic E-state index is 2.45. The van der Waals surface area contributed by atoms with Crippen LogP contribution in [0, 0.1) is 0 Å². The van der Waals surface area contributed by atoms with Crippen LogP contribution >= 0.6 is 0 Å². The maximum atomic E-state index is 2.45. The minimum absolute atomic E-state index is 1.09. The third-order valence-electron chi connectivity index (χ3n) is 12.8. The van der Waals surface area contributed by atoms with Crippen LogP contribution in [0.4, 0.5) is 17.1 Å². The summed E-state index contributed by atoms with van der Waals surface area (Å²) in [6, 6.07) is 91.1. The van der Waals surface area contributed by atoms with E-state index >= 15 is 0 Å². The zero-order valence-corrected chi connectivity index (χ0v) is 34.6. The quantitative estimate of drug-likeness (QED) is 0.145. The molecule has 0 saturated heterocycles. The Balaban J connectivity index is 1.08. The van der Waals surface area contributed by atoms with Gasteiger partial charge in [0, 0.05) is 16.8 Å². The maximum Gasteiger partial charge on any atom is 0.0540 e. The molecule has 0 heterocycles. The Hall–Kier alpha value is -8.26. The molecule has 0 radical (unpaired) electrons. The van der Waals surface area contributed by atoms with Crippen molar-refractivity contribution in [2.45, 2.75) is 0 Å². The number of hydrogen-bond donors (Lipinski definition) is 0. The van der Waals surface area contributed by atoms with Crippen LogP contribution in [-0.2, 0) is 0 Å². The fourth-order valence-corrected chi connectivity index (χ4v) is 9.94. The highest BCUT2D eigenvalue weighted by Crippen LogP contribution is 2.47. The third kappa shape index (κ3) is 6.33. The average molecular weight is 800 g/mol. The molecule has 12 aromatic carbocycles. The van der Waals surface area contributed by atoms with Crippen molar-refractivity contribution in [1.82, 2.24) is 0 Å². The lowest BCUT2D eigenvalue weighted by Gasteiger charge is -2.28. The minimum atomic E-state index is 1.09. The van der Waals surface area contributed by atoms with E-state index in [1.807, 2.05) is 0 Å². The lowest BCUT2D eigenvalue weighted by molar-refractivity contribution is 1.30. The summed E-state index contributed by atoms with van der Waals surface area (Å²) in [7, 11) is 0. The summed E-state index contributed by atoms with van der Waals surface area (Å²) in [5.74, 6) is 0. The molecule has 12 rings (SSSR count). The molecule has 0 amide bonds. The van der Waals surface area contributed by atoms with Gasteiger partial charge in [0.1, 0.15) is 0 Å². The van der Waals surface area contributed by atoms with Crippen LogP contribution in [0.5, 0.6) is 0 Å². The van der Waals surface area contributed by atoms with E-state index in [9.17, 15) is 0 Å². The summed E-state index contributed by atoms with van der Waals surface area (Å²) in [6.07, 6.45) is 0. The van der Waals surface area contributed by atoms with Gasteiger partial charge in [-0.15, -0.1) is 0 Å². The summed E-state index contributed by atoms with van der Waals surface area (Å²) in [4.78, 5) is 2.45. The molecule has 0 aliphatic heterocycles. The molecular formula is C62H41N. The SMILES string of the molecule is c1ccc(-c2c(-c3ccccc3)c3cc(-c4cccc(N(c5cccc(-c6cccc7ccccc67)c5)c5cccc6c5ccc5ccccc56)c4)ccc3c3ccccc23)cc1. The summed E-state index contributed by atoms with van der Waals surface area (Å²) < 4.78 is 0. The molecule has 0 unspecified atom stereocenters. The molecule has 0 N–H and O–H groups in total. The van der Waals surface area contributed by atoms with Gasteiger partial charge >= 0.3 is 0 Å². The van der Waals surface area contributed by atoms with Crippen molar-refractivity contribution in [1.29, 1.82) is 0 Å². The number of fused-ring (bicyclic) bond motifs is 7. The first-order valence-electron chi connectivity index (χ1n) is 21.8. The molecule has 1 nitrogen and oxygen atoms in total. The van der Waals surface area contributed by atoms with Gasteiger partial charge in [0.2, 0.25) is 0 Å². The molecular weight excluding hydrogens is 759 g/mol. The molecule has 0 spiro atoms. The van der Waals surface area contributed by atoms with Crippen LogP contribution in [0.3, 0.4) is 0 Å². The number of anilines is 3. The topological polar surface area (TPSA) is 3.24 Å². The highest BCUT2D eigenvalue weighted by molar-refractivity contribution is 6.22. The first-order valence-corrected chi connectivity index (χ1v) is 21.8. The lowest BCUT2D eigenvalue weighted by Crippen LogP contribution is -2.10. The Morgan fingerprint density at radius 3 is 1.43 bits per heavy atom. The zero-order chi connectivity index (χ0) is 41.7. The van der Waals surface area contributed by atoms with Crippen molar-refractivity contribution >= 4 is 70.9 Å². The first kappa shape index (κ1) is 36.6. The van der Waals surface area contributed by atoms with Gasteiger partial charge < -0.3 is 4.90 Å². The minimum Gasteiger partial charge on any atom is -0.310 e. The summed E-state index contributed by atoms with van der Waals surface area (Å²) in [5.41, 5.74) is 13.0. The van der Waals surface area contributed by atoms with E-state index in [4.69, 9.17) is 0 Å². The van der Waals surface area contributed by atoms with Crippen LogP contribution in [0.1, 0.15) is 0 Å². The van der Waals surface area contributed by atoms with Crippen LogP contribution in [-0.4, -0.2) is 0 Å². The highest BCUT2D eigenvalue weighted by atomic mass is 15.1. The van der Waals surface area contributed by atoms with Crippen LogP contribution in [0.25, 0.3) is 98.4 Å². The predicted molar refractivity (Wildman–Crippen MR) is 270 cm³/mol. The molecule has 0 aliphatic carbocycles. The van der Waals surface area contributed by atoms with Crippen molar-refractivity contribution in [3.05, 3.63) is 249 Å². The highest BCUT2D eigenvalue weighted by Gasteiger charge is 2.21. The van der Waals surface area contributed by atoms with E-state index in [0.717, 1.165) is 22.6 Å². The monoisotopic (exact) mass is 799 g/mol.